The molecule has 0 atom stereocenters. The van der Waals surface area contributed by atoms with E-state index in [1.165, 1.54) is 30.5 Å². The van der Waals surface area contributed by atoms with Gasteiger partial charge in [0.25, 0.3) is 11.8 Å². The second-order valence-electron chi connectivity index (χ2n) is 9.92. The third-order valence-electron chi connectivity index (χ3n) is 6.13. The highest BCUT2D eigenvalue weighted by atomic mass is 35.5. The molecule has 0 fully saturated rings. The van der Waals surface area contributed by atoms with Gasteiger partial charge < -0.3 is 10.6 Å². The Morgan fingerprint density at radius 1 is 1.00 bits per heavy atom. The van der Waals surface area contributed by atoms with E-state index < -0.39 is 42.1 Å². The molecule has 0 aliphatic carbocycles. The number of hydrogen-bond donors (Lipinski definition) is 2. The maximum atomic E-state index is 14.5. The number of halogens is 9. The Balaban J connectivity index is 1.75. The molecule has 0 aliphatic heterocycles. The number of benzene rings is 1. The molecule has 0 radical (unpaired) electrons. The van der Waals surface area contributed by atoms with Gasteiger partial charge in [0, 0.05) is 17.3 Å². The van der Waals surface area contributed by atoms with Gasteiger partial charge >= 0.3 is 18.0 Å². The van der Waals surface area contributed by atoms with Gasteiger partial charge in [0.05, 0.1) is 34.7 Å². The molecular weight excluding hydrogens is 660 g/mol. The zero-order valence-corrected chi connectivity index (χ0v) is 24.7. The first-order valence-electron chi connectivity index (χ1n) is 12.7. The van der Waals surface area contributed by atoms with Crippen LogP contribution in [0.15, 0.2) is 42.7 Å². The average Bonchev–Trinajstić information content (AvgIpc) is 3.55. The van der Waals surface area contributed by atoms with E-state index in [1.54, 1.807) is 20.8 Å². The van der Waals surface area contributed by atoms with Crippen molar-refractivity contribution in [3.63, 3.8) is 0 Å². The molecule has 0 unspecified atom stereocenters. The van der Waals surface area contributed by atoms with Gasteiger partial charge in [-0.25, -0.2) is 18.7 Å². The van der Waals surface area contributed by atoms with Crippen molar-refractivity contribution in [1.82, 2.24) is 35.1 Å². The highest BCUT2D eigenvalue weighted by Crippen LogP contribution is 2.52. The van der Waals surface area contributed by atoms with E-state index in [9.17, 15) is 40.3 Å². The van der Waals surface area contributed by atoms with Crippen molar-refractivity contribution in [3.05, 3.63) is 81.0 Å². The number of alkyl halides is 7. The molecule has 4 rings (SSSR count). The van der Waals surface area contributed by atoms with Crippen LogP contribution in [0.4, 0.5) is 36.4 Å². The van der Waals surface area contributed by atoms with Crippen molar-refractivity contribution in [3.8, 4) is 5.82 Å². The Kier molecular flexibility index (Phi) is 9.17. The lowest BCUT2D eigenvalue weighted by atomic mass is 10.0. The molecular formula is C26H21Cl2F7N8O2. The minimum atomic E-state index is -6.39. The molecule has 0 bridgehead atoms. The Bertz CT molecular complexity index is 1740. The van der Waals surface area contributed by atoms with Gasteiger partial charge in [0.2, 0.25) is 0 Å². The lowest BCUT2D eigenvalue weighted by Crippen LogP contribution is -2.50. The first kappa shape index (κ1) is 33.6. The van der Waals surface area contributed by atoms with Gasteiger partial charge in [0.1, 0.15) is 11.4 Å². The summed E-state index contributed by atoms with van der Waals surface area (Å²) in [6.07, 6.45) is -11.3. The molecule has 45 heavy (non-hydrogen) atoms. The van der Waals surface area contributed by atoms with Crippen molar-refractivity contribution in [1.29, 1.82) is 0 Å². The molecule has 0 spiro atoms. The van der Waals surface area contributed by atoms with Crippen LogP contribution in [0.3, 0.4) is 0 Å². The van der Waals surface area contributed by atoms with Crippen LogP contribution in [0, 0.1) is 6.92 Å². The first-order valence-corrected chi connectivity index (χ1v) is 13.4. The molecule has 0 aliphatic rings. The standard InChI is InChI=1S/C26H21Cl2F7N8O2/c1-12(2)37-22(44)16-8-14(27)7-13(3)20(16)38-23(45)18-9-15(40-43(18)21-17(28)5-4-6-36-21)10-42-11-19(39-41-42)24(29,25(30,31)32)26(33,34)35/h4-9,11-12H,10H2,1-3H3,(H,37,44)(H,38,45). The summed E-state index contributed by atoms with van der Waals surface area (Å²) in [6, 6.07) is 6.60. The maximum absolute atomic E-state index is 14.5. The Labute approximate surface area is 259 Å². The molecule has 0 saturated carbocycles. The Morgan fingerprint density at radius 2 is 1.67 bits per heavy atom. The quantitative estimate of drug-likeness (QED) is 0.214. The fourth-order valence-electron chi connectivity index (χ4n) is 4.12. The summed E-state index contributed by atoms with van der Waals surface area (Å²) in [4.78, 5) is 30.6. The second kappa shape index (κ2) is 12.3. The molecule has 10 nitrogen and oxygen atoms in total. The van der Waals surface area contributed by atoms with Gasteiger partial charge in [-0.3, -0.25) is 9.59 Å². The first-order chi connectivity index (χ1) is 20.8. The number of pyridine rings is 1. The third kappa shape index (κ3) is 6.73. The van der Waals surface area contributed by atoms with E-state index in [0.29, 0.717) is 10.2 Å². The van der Waals surface area contributed by atoms with E-state index in [4.69, 9.17) is 23.2 Å². The number of rotatable bonds is 8. The minimum absolute atomic E-state index is 0.0153. The van der Waals surface area contributed by atoms with E-state index >= 15 is 0 Å². The number of aryl methyl sites for hydroxylation is 1. The molecule has 2 amide bonds. The molecule has 0 saturated heterocycles. The lowest BCUT2D eigenvalue weighted by molar-refractivity contribution is -0.350. The van der Waals surface area contributed by atoms with E-state index in [1.807, 2.05) is 0 Å². The van der Waals surface area contributed by atoms with Crippen LogP contribution in [0.5, 0.6) is 0 Å². The smallest absolute Gasteiger partial charge is 0.350 e. The highest BCUT2D eigenvalue weighted by molar-refractivity contribution is 6.32. The molecule has 2 N–H and O–H groups in total. The number of amides is 2. The summed E-state index contributed by atoms with van der Waals surface area (Å²) in [5, 5.41) is 15.7. The normalized spacial score (nSPS) is 12.5. The van der Waals surface area contributed by atoms with Crippen LogP contribution in [0.2, 0.25) is 10.0 Å². The summed E-state index contributed by atoms with van der Waals surface area (Å²) in [5.74, 6) is -1.48. The highest BCUT2D eigenvalue weighted by Gasteiger charge is 2.75. The summed E-state index contributed by atoms with van der Waals surface area (Å²) in [7, 11) is 0. The summed E-state index contributed by atoms with van der Waals surface area (Å²) in [6.45, 7) is 4.38. The van der Waals surface area contributed by atoms with Crippen LogP contribution in [0.25, 0.3) is 5.82 Å². The average molecular weight is 681 g/mol. The van der Waals surface area contributed by atoms with Crippen LogP contribution < -0.4 is 10.6 Å². The molecule has 240 valence electrons. The number of carbonyl (C=O) groups excluding carboxylic acids is 2. The van der Waals surface area contributed by atoms with Gasteiger partial charge in [-0.1, -0.05) is 28.4 Å². The number of hydrogen-bond acceptors (Lipinski definition) is 6. The zero-order chi connectivity index (χ0) is 33.5. The monoisotopic (exact) mass is 680 g/mol. The SMILES string of the molecule is Cc1cc(Cl)cc(C(=O)NC(C)C)c1NC(=O)c1cc(Cn2cc(C(F)(C(F)(F)F)C(F)(F)F)nn2)nn1-c1ncccc1Cl. The molecule has 3 heterocycles. The van der Waals surface area contributed by atoms with Crippen molar-refractivity contribution in [2.45, 2.75) is 51.4 Å². The summed E-state index contributed by atoms with van der Waals surface area (Å²) in [5.41, 5.74) is -7.72. The Morgan fingerprint density at radius 3 is 2.27 bits per heavy atom. The van der Waals surface area contributed by atoms with Crippen molar-refractivity contribution < 1.29 is 40.3 Å². The van der Waals surface area contributed by atoms with Crippen LogP contribution in [0.1, 0.15) is 51.6 Å². The number of nitrogens with zero attached hydrogens (tertiary/aromatic N) is 6. The maximum Gasteiger partial charge on any atom is 0.437 e. The predicted molar refractivity (Wildman–Crippen MR) is 147 cm³/mol. The zero-order valence-electron chi connectivity index (χ0n) is 23.2. The molecule has 19 heteroatoms. The summed E-state index contributed by atoms with van der Waals surface area (Å²) < 4.78 is 95.0. The number of carbonyl (C=O) groups is 2. The number of aromatic nitrogens is 6. The predicted octanol–water partition coefficient (Wildman–Crippen LogP) is 6.20. The molecule has 4 aromatic rings. The molecule has 1 aromatic carbocycles. The third-order valence-corrected chi connectivity index (χ3v) is 6.65. The number of anilines is 1. The van der Waals surface area contributed by atoms with Crippen molar-refractivity contribution in [2.24, 2.45) is 0 Å². The van der Waals surface area contributed by atoms with Crippen molar-refractivity contribution >= 4 is 40.7 Å². The second-order valence-corrected chi connectivity index (χ2v) is 10.8. The van der Waals surface area contributed by atoms with Crippen molar-refractivity contribution in [2.75, 3.05) is 5.32 Å². The largest absolute Gasteiger partial charge is 0.437 e. The molecule has 3 aromatic heterocycles. The van der Waals surface area contributed by atoms with Crippen LogP contribution in [-0.2, 0) is 12.2 Å². The van der Waals surface area contributed by atoms with E-state index in [0.717, 1.165) is 10.7 Å². The fourth-order valence-corrected chi connectivity index (χ4v) is 4.59. The topological polar surface area (TPSA) is 120 Å². The lowest BCUT2D eigenvalue weighted by Gasteiger charge is -2.27. The van der Waals surface area contributed by atoms with E-state index in [2.05, 4.69) is 31.0 Å². The summed E-state index contributed by atoms with van der Waals surface area (Å²) >= 11 is 12.4. The van der Waals surface area contributed by atoms with Gasteiger partial charge in [-0.2, -0.15) is 31.4 Å². The number of nitrogens with one attached hydrogen (secondary N) is 2. The minimum Gasteiger partial charge on any atom is -0.350 e. The van der Waals surface area contributed by atoms with E-state index in [-0.39, 0.29) is 50.7 Å². The van der Waals surface area contributed by atoms with Gasteiger partial charge in [0.15, 0.2) is 5.82 Å². The fraction of sp³-hybridized carbons (Fsp3) is 0.308. The Hall–Kier alpha value is -4.25. The van der Waals surface area contributed by atoms with Crippen LogP contribution >= 0.6 is 23.2 Å². The van der Waals surface area contributed by atoms with Crippen LogP contribution in [-0.4, -0.2) is 60.0 Å². The van der Waals surface area contributed by atoms with Gasteiger partial charge in [-0.15, -0.1) is 5.10 Å². The van der Waals surface area contributed by atoms with Gasteiger partial charge in [-0.05, 0) is 56.7 Å².